The molecule has 2 N–H and O–H groups in total. The van der Waals surface area contributed by atoms with Crippen LogP contribution in [0, 0.1) is 0 Å². The number of aromatic nitrogens is 2. The Balaban J connectivity index is 1.39. The van der Waals surface area contributed by atoms with Crippen LogP contribution in [0.2, 0.25) is 0 Å². The van der Waals surface area contributed by atoms with Gasteiger partial charge in [-0.2, -0.15) is 26.3 Å². The van der Waals surface area contributed by atoms with E-state index in [1.54, 1.807) is 30.3 Å². The smallest absolute Gasteiger partial charge is 0.354 e. The largest absolute Gasteiger partial charge is 0.416 e. The van der Waals surface area contributed by atoms with Gasteiger partial charge < -0.3 is 15.5 Å². The average molecular weight is 552 g/mol. The third-order valence-corrected chi connectivity index (χ3v) is 6.33. The summed E-state index contributed by atoms with van der Waals surface area (Å²) in [6, 6.07) is 10.0. The number of hydrogen-bond acceptors (Lipinski definition) is 5. The van der Waals surface area contributed by atoms with Gasteiger partial charge in [-0.1, -0.05) is 12.1 Å². The van der Waals surface area contributed by atoms with Crippen LogP contribution in [0.1, 0.15) is 39.9 Å². The van der Waals surface area contributed by atoms with Gasteiger partial charge in [-0.15, -0.1) is 0 Å². The maximum Gasteiger partial charge on any atom is 0.416 e. The summed E-state index contributed by atoms with van der Waals surface area (Å²) in [5.41, 5.74) is -1.22. The van der Waals surface area contributed by atoms with Crippen LogP contribution in [-0.2, 0) is 18.8 Å². The molecule has 2 aromatic carbocycles. The molecule has 1 aromatic heterocycles. The van der Waals surface area contributed by atoms with Gasteiger partial charge in [0.2, 0.25) is 5.95 Å². The number of likely N-dealkylation sites (tertiary alicyclic amines) is 1. The second kappa shape index (κ2) is 12.0. The Hall–Kier alpha value is -3.67. The minimum atomic E-state index is -4.90. The second-order valence-electron chi connectivity index (χ2n) is 9.24. The molecule has 4 rings (SSSR count). The minimum Gasteiger partial charge on any atom is -0.354 e. The van der Waals surface area contributed by atoms with Crippen LogP contribution in [-0.4, -0.2) is 53.5 Å². The summed E-state index contributed by atoms with van der Waals surface area (Å²) in [6.45, 7) is 3.43. The van der Waals surface area contributed by atoms with E-state index in [9.17, 15) is 31.1 Å². The van der Waals surface area contributed by atoms with Gasteiger partial charge in [0.1, 0.15) is 0 Å². The molecule has 1 fully saturated rings. The molecule has 39 heavy (non-hydrogen) atoms. The van der Waals surface area contributed by atoms with Gasteiger partial charge in [-0.05, 0) is 74.3 Å². The highest BCUT2D eigenvalue weighted by atomic mass is 19.4. The van der Waals surface area contributed by atoms with Gasteiger partial charge in [-0.25, -0.2) is 9.97 Å². The van der Waals surface area contributed by atoms with Crippen LogP contribution < -0.4 is 10.6 Å². The fourth-order valence-electron chi connectivity index (χ4n) is 4.34. The molecule has 1 aliphatic heterocycles. The number of anilines is 1. The first-order valence-corrected chi connectivity index (χ1v) is 12.5. The zero-order chi connectivity index (χ0) is 28.0. The molecule has 3 aromatic rings. The fourth-order valence-corrected chi connectivity index (χ4v) is 4.34. The molecule has 208 valence electrons. The zero-order valence-electron chi connectivity index (χ0n) is 20.9. The first-order valence-electron chi connectivity index (χ1n) is 12.5. The molecule has 1 saturated heterocycles. The number of hydrogen-bond donors (Lipinski definition) is 2. The van der Waals surface area contributed by atoms with Gasteiger partial charge in [-0.3, -0.25) is 4.79 Å². The first-order chi connectivity index (χ1) is 18.5. The Kier molecular flexibility index (Phi) is 8.73. The van der Waals surface area contributed by atoms with E-state index in [1.807, 2.05) is 0 Å². The number of benzene rings is 2. The molecule has 0 bridgehead atoms. The molecule has 1 aliphatic rings. The summed E-state index contributed by atoms with van der Waals surface area (Å²) in [5, 5.41) is 5.76. The second-order valence-corrected chi connectivity index (χ2v) is 9.24. The molecule has 6 nitrogen and oxygen atoms in total. The Morgan fingerprint density at radius 2 is 1.59 bits per heavy atom. The van der Waals surface area contributed by atoms with Crippen molar-refractivity contribution in [2.24, 2.45) is 0 Å². The number of nitrogens with zero attached hydrogens (tertiary/aromatic N) is 3. The molecule has 2 heterocycles. The normalized spacial score (nSPS) is 14.4. The lowest BCUT2D eigenvalue weighted by Gasteiger charge is -2.15. The lowest BCUT2D eigenvalue weighted by molar-refractivity contribution is -0.143. The molecule has 0 unspecified atom stereocenters. The highest BCUT2D eigenvalue weighted by molar-refractivity contribution is 5.95. The van der Waals surface area contributed by atoms with E-state index in [4.69, 9.17) is 0 Å². The molecule has 12 heteroatoms. The van der Waals surface area contributed by atoms with E-state index >= 15 is 0 Å². The van der Waals surface area contributed by atoms with Crippen molar-refractivity contribution in [3.63, 3.8) is 0 Å². The predicted molar refractivity (Wildman–Crippen MR) is 134 cm³/mol. The van der Waals surface area contributed by atoms with Crippen LogP contribution in [0.5, 0.6) is 0 Å². The van der Waals surface area contributed by atoms with Crippen molar-refractivity contribution in [1.29, 1.82) is 0 Å². The van der Waals surface area contributed by atoms with Crippen molar-refractivity contribution in [3.05, 3.63) is 77.0 Å². The average Bonchev–Trinajstić information content (AvgIpc) is 3.41. The van der Waals surface area contributed by atoms with Crippen molar-refractivity contribution in [3.8, 4) is 11.3 Å². The molecule has 0 radical (unpaired) electrons. The van der Waals surface area contributed by atoms with E-state index in [2.05, 4.69) is 25.5 Å². The van der Waals surface area contributed by atoms with Gasteiger partial charge in [0.15, 0.2) is 0 Å². The Bertz CT molecular complexity index is 1260. The minimum absolute atomic E-state index is 0.00151. The highest BCUT2D eigenvalue weighted by Gasteiger charge is 2.36. The Morgan fingerprint density at radius 1 is 0.897 bits per heavy atom. The van der Waals surface area contributed by atoms with E-state index in [-0.39, 0.29) is 36.5 Å². The molecular formula is C27H27F6N5O. The number of halogens is 6. The summed E-state index contributed by atoms with van der Waals surface area (Å²) in [5.74, 6) is -0.0567. The molecule has 1 amide bonds. The van der Waals surface area contributed by atoms with Crippen molar-refractivity contribution < 1.29 is 31.1 Å². The topological polar surface area (TPSA) is 70.2 Å². The molecule has 0 aliphatic carbocycles. The van der Waals surface area contributed by atoms with E-state index in [1.165, 1.54) is 19.0 Å². The first kappa shape index (κ1) is 28.3. The van der Waals surface area contributed by atoms with Crippen LogP contribution in [0.15, 0.2) is 54.7 Å². The number of amides is 1. The summed E-state index contributed by atoms with van der Waals surface area (Å²) in [7, 11) is 0. The van der Waals surface area contributed by atoms with Crippen LogP contribution >= 0.6 is 0 Å². The third kappa shape index (κ3) is 7.92. The number of rotatable bonds is 9. The van der Waals surface area contributed by atoms with E-state index < -0.39 is 23.5 Å². The van der Waals surface area contributed by atoms with Gasteiger partial charge >= 0.3 is 12.4 Å². The maximum absolute atomic E-state index is 13.1. The van der Waals surface area contributed by atoms with Crippen molar-refractivity contribution >= 4 is 11.9 Å². The van der Waals surface area contributed by atoms with Crippen LogP contribution in [0.3, 0.4) is 0 Å². The standard InChI is InChI=1S/C27H27F6N5O/c28-26(29,30)21-14-18(15-22(17-21)27(31,32)33)6-8-35-25-36-9-7-23(37-25)19-4-3-5-20(16-19)24(39)34-10-13-38-11-1-2-12-38/h3-5,7,9,14-17H,1-2,6,8,10-13H2,(H,34,39)(H,35,36,37). The summed E-state index contributed by atoms with van der Waals surface area (Å²) in [6.07, 6.45) is -6.10. The number of alkyl halides is 6. The fraction of sp³-hybridized carbons (Fsp3) is 0.370. The van der Waals surface area contributed by atoms with Gasteiger partial charge in [0.05, 0.1) is 16.8 Å². The van der Waals surface area contributed by atoms with Crippen molar-refractivity contribution in [2.75, 3.05) is 38.0 Å². The van der Waals surface area contributed by atoms with Crippen LogP contribution in [0.25, 0.3) is 11.3 Å². The monoisotopic (exact) mass is 551 g/mol. The Morgan fingerprint density at radius 3 is 2.26 bits per heavy atom. The van der Waals surface area contributed by atoms with E-state index in [0.717, 1.165) is 19.6 Å². The molecule has 0 atom stereocenters. The lowest BCUT2D eigenvalue weighted by atomic mass is 10.0. The summed E-state index contributed by atoms with van der Waals surface area (Å²) in [4.78, 5) is 23.4. The molecule has 0 saturated carbocycles. The Labute approximate surface area is 221 Å². The SMILES string of the molecule is O=C(NCCN1CCCC1)c1cccc(-c2ccnc(NCCc3cc(C(F)(F)F)cc(C(F)(F)F)c3)n2)c1. The maximum atomic E-state index is 13.1. The number of nitrogens with one attached hydrogen (secondary N) is 2. The van der Waals surface area contributed by atoms with Gasteiger partial charge in [0, 0.05) is 37.0 Å². The molecular weight excluding hydrogens is 524 g/mol. The number of carbonyl (C=O) groups is 1. The zero-order valence-corrected chi connectivity index (χ0v) is 20.9. The quantitative estimate of drug-likeness (QED) is 0.336. The van der Waals surface area contributed by atoms with Gasteiger partial charge in [0.25, 0.3) is 5.91 Å². The third-order valence-electron chi connectivity index (χ3n) is 6.33. The van der Waals surface area contributed by atoms with Crippen molar-refractivity contribution in [2.45, 2.75) is 31.6 Å². The molecule has 0 spiro atoms. The summed E-state index contributed by atoms with van der Waals surface area (Å²) < 4.78 is 78.6. The van der Waals surface area contributed by atoms with E-state index in [0.29, 0.717) is 35.5 Å². The lowest BCUT2D eigenvalue weighted by Crippen LogP contribution is -2.33. The van der Waals surface area contributed by atoms with Crippen molar-refractivity contribution in [1.82, 2.24) is 20.2 Å². The summed E-state index contributed by atoms with van der Waals surface area (Å²) >= 11 is 0. The number of carbonyl (C=O) groups excluding carboxylic acids is 1. The highest BCUT2D eigenvalue weighted by Crippen LogP contribution is 2.36. The van der Waals surface area contributed by atoms with Crippen LogP contribution in [0.4, 0.5) is 32.3 Å². The predicted octanol–water partition coefficient (Wildman–Crippen LogP) is 5.66.